The Morgan fingerprint density at radius 1 is 0.952 bits per heavy atom. The van der Waals surface area contributed by atoms with Crippen LogP contribution in [0.1, 0.15) is 19.3 Å². The van der Waals surface area contributed by atoms with E-state index in [1.54, 1.807) is 0 Å². The van der Waals surface area contributed by atoms with Crippen LogP contribution >= 0.6 is 15.6 Å². The second-order valence-electron chi connectivity index (χ2n) is 3.26. The molecule has 0 aromatic rings. The molecule has 0 saturated carbocycles. The molecule has 0 aliphatic carbocycles. The van der Waals surface area contributed by atoms with Crippen LogP contribution in [0.2, 0.25) is 0 Å². The topological polar surface area (TPSA) is 245 Å². The molecule has 15 heteroatoms. The van der Waals surface area contributed by atoms with Crippen LogP contribution < -0.4 is 11.5 Å². The SMILES string of the molecule is NCCCC[C@H](N)C(=O)O.O=P(O)(O)O.O=P(O)(O)O.[NaH]. The first-order chi connectivity index (χ1) is 8.68. The van der Waals surface area contributed by atoms with E-state index in [4.69, 9.17) is 55.1 Å². The maximum atomic E-state index is 10.1. The van der Waals surface area contributed by atoms with Crippen LogP contribution in [0.5, 0.6) is 0 Å². The molecule has 0 spiro atoms. The molecule has 21 heavy (non-hydrogen) atoms. The summed E-state index contributed by atoms with van der Waals surface area (Å²) in [5, 5.41) is 8.33. The van der Waals surface area contributed by atoms with Gasteiger partial charge in [-0.3, -0.25) is 4.79 Å². The van der Waals surface area contributed by atoms with Crippen molar-refractivity contribution >= 4 is 51.2 Å². The van der Waals surface area contributed by atoms with E-state index in [0.717, 1.165) is 12.8 Å². The van der Waals surface area contributed by atoms with Gasteiger partial charge in [0.1, 0.15) is 6.04 Å². The summed E-state index contributed by atoms with van der Waals surface area (Å²) in [6.45, 7) is 0.604. The third-order valence-electron chi connectivity index (χ3n) is 1.29. The summed E-state index contributed by atoms with van der Waals surface area (Å²) in [5.74, 6) is -0.933. The standard InChI is InChI=1S/C6H14N2O2.Na.2H3O4P.H/c7-4-2-1-3-5(8)6(9)10;;2*1-5(2,3)4;/h5H,1-4,7-8H2,(H,9,10);;2*(H3,1,2,3,4);/t5-;;;;/m0..../s1. The van der Waals surface area contributed by atoms with Crippen molar-refractivity contribution in [2.75, 3.05) is 6.54 Å². The number of aliphatic carboxylic acids is 1. The Balaban J connectivity index is -0.000000112. The van der Waals surface area contributed by atoms with Crippen molar-refractivity contribution in [3.63, 3.8) is 0 Å². The van der Waals surface area contributed by atoms with Crippen molar-refractivity contribution in [2.24, 2.45) is 11.5 Å². The van der Waals surface area contributed by atoms with Gasteiger partial charge in [0.25, 0.3) is 0 Å². The molecular weight excluding hydrogens is 345 g/mol. The van der Waals surface area contributed by atoms with Gasteiger partial charge in [-0.15, -0.1) is 0 Å². The van der Waals surface area contributed by atoms with Gasteiger partial charge in [-0.2, -0.15) is 0 Å². The van der Waals surface area contributed by atoms with Crippen LogP contribution in [0.25, 0.3) is 0 Å². The van der Waals surface area contributed by atoms with E-state index in [1.807, 2.05) is 0 Å². The fourth-order valence-electron chi connectivity index (χ4n) is 0.632. The quantitative estimate of drug-likeness (QED) is 0.134. The predicted octanol–water partition coefficient (Wildman–Crippen LogP) is -2.98. The number of carboxylic acid groups (broad SMARTS) is 1. The van der Waals surface area contributed by atoms with Gasteiger partial charge in [-0.1, -0.05) is 6.42 Å². The molecule has 0 radical (unpaired) electrons. The van der Waals surface area contributed by atoms with Gasteiger partial charge in [-0.05, 0) is 19.4 Å². The monoisotopic (exact) mass is 366 g/mol. The average Bonchev–Trinajstić information content (AvgIpc) is 2.12. The van der Waals surface area contributed by atoms with E-state index in [2.05, 4.69) is 0 Å². The maximum absolute atomic E-state index is 10.1. The number of hydrogen-bond acceptors (Lipinski definition) is 5. The molecule has 0 unspecified atom stereocenters. The molecule has 0 amide bonds. The normalized spacial score (nSPS) is 11.8. The Morgan fingerprint density at radius 2 is 1.24 bits per heavy atom. The van der Waals surface area contributed by atoms with Gasteiger partial charge in [-0.25, -0.2) is 9.13 Å². The molecule has 0 aromatic heterocycles. The van der Waals surface area contributed by atoms with Crippen LogP contribution in [0.15, 0.2) is 0 Å². The Kier molecular flexibility index (Phi) is 21.9. The number of nitrogens with two attached hydrogens (primary N) is 2. The summed E-state index contributed by atoms with van der Waals surface area (Å²) < 4.78 is 17.8. The van der Waals surface area contributed by atoms with Gasteiger partial charge >= 0.3 is 51.2 Å². The summed E-state index contributed by atoms with van der Waals surface area (Å²) in [5.41, 5.74) is 10.4. The zero-order chi connectivity index (χ0) is 17.0. The molecular formula is C6H21N2NaO10P2. The third kappa shape index (κ3) is 77.3. The molecule has 1 atom stereocenters. The van der Waals surface area contributed by atoms with Crippen LogP contribution in [0, 0.1) is 0 Å². The molecule has 11 N–H and O–H groups in total. The molecule has 0 heterocycles. The molecule has 0 bridgehead atoms. The van der Waals surface area contributed by atoms with E-state index in [1.165, 1.54) is 0 Å². The second-order valence-corrected chi connectivity index (χ2v) is 5.31. The van der Waals surface area contributed by atoms with Crippen molar-refractivity contribution in [1.29, 1.82) is 0 Å². The minimum absolute atomic E-state index is 0. The zero-order valence-corrected chi connectivity index (χ0v) is 12.1. The van der Waals surface area contributed by atoms with E-state index in [9.17, 15) is 4.79 Å². The predicted molar refractivity (Wildman–Crippen MR) is 74.2 cm³/mol. The first-order valence-corrected chi connectivity index (χ1v) is 8.06. The van der Waals surface area contributed by atoms with E-state index < -0.39 is 27.7 Å². The van der Waals surface area contributed by atoms with Crippen LogP contribution in [0.4, 0.5) is 0 Å². The number of unbranched alkanes of at least 4 members (excludes halogenated alkanes) is 1. The fraction of sp³-hybridized carbons (Fsp3) is 0.833. The number of carbonyl (C=O) groups is 1. The summed E-state index contributed by atoms with van der Waals surface area (Å²) in [6, 6.07) is -0.716. The summed E-state index contributed by atoms with van der Waals surface area (Å²) in [6.07, 6.45) is 2.16. The molecule has 0 saturated heterocycles. The summed E-state index contributed by atoms with van der Waals surface area (Å²) >= 11 is 0. The van der Waals surface area contributed by atoms with E-state index in [0.29, 0.717) is 13.0 Å². The van der Waals surface area contributed by atoms with Crippen LogP contribution in [-0.4, -0.2) is 82.6 Å². The molecule has 12 nitrogen and oxygen atoms in total. The Morgan fingerprint density at radius 3 is 1.43 bits per heavy atom. The van der Waals surface area contributed by atoms with Gasteiger partial charge < -0.3 is 45.9 Å². The number of hydrogen-bond donors (Lipinski definition) is 9. The van der Waals surface area contributed by atoms with Crippen LogP contribution in [0.3, 0.4) is 0 Å². The van der Waals surface area contributed by atoms with Crippen molar-refractivity contribution in [2.45, 2.75) is 25.3 Å². The van der Waals surface area contributed by atoms with Gasteiger partial charge in [0.05, 0.1) is 0 Å². The first-order valence-electron chi connectivity index (χ1n) is 4.93. The Bertz CT molecular complexity index is 308. The van der Waals surface area contributed by atoms with Gasteiger partial charge in [0, 0.05) is 0 Å². The van der Waals surface area contributed by atoms with Crippen molar-refractivity contribution in [1.82, 2.24) is 0 Å². The van der Waals surface area contributed by atoms with Crippen molar-refractivity contribution in [3.8, 4) is 0 Å². The molecule has 0 aliphatic rings. The Hall–Kier alpha value is 0.610. The average molecular weight is 366 g/mol. The van der Waals surface area contributed by atoms with Crippen LogP contribution in [-0.2, 0) is 13.9 Å². The number of rotatable bonds is 5. The molecule has 0 rings (SSSR count). The minimum atomic E-state index is -4.64. The summed E-state index contributed by atoms with van der Waals surface area (Å²) in [7, 11) is -9.28. The molecule has 0 fully saturated rings. The zero-order valence-electron chi connectivity index (χ0n) is 10.3. The molecule has 0 aliphatic heterocycles. The van der Waals surface area contributed by atoms with E-state index >= 15 is 0 Å². The molecule has 126 valence electrons. The third-order valence-corrected chi connectivity index (χ3v) is 1.29. The van der Waals surface area contributed by atoms with E-state index in [-0.39, 0.29) is 29.6 Å². The van der Waals surface area contributed by atoms with Crippen molar-refractivity contribution in [3.05, 3.63) is 0 Å². The fourth-order valence-corrected chi connectivity index (χ4v) is 0.632. The van der Waals surface area contributed by atoms with Gasteiger partial charge in [0.2, 0.25) is 0 Å². The first kappa shape index (κ1) is 29.6. The van der Waals surface area contributed by atoms with Gasteiger partial charge in [0.15, 0.2) is 0 Å². The number of phosphoric acid groups is 2. The second kappa shape index (κ2) is 15.5. The molecule has 0 aromatic carbocycles. The Labute approximate surface area is 142 Å². The number of carboxylic acids is 1. The summed E-state index contributed by atoms with van der Waals surface area (Å²) in [4.78, 5) is 53.3. The van der Waals surface area contributed by atoms with Crippen molar-refractivity contribution < 1.29 is 48.4 Å².